The Hall–Kier alpha value is -1.93. The fourth-order valence-electron chi connectivity index (χ4n) is 2.93. The molecule has 0 aliphatic carbocycles. The maximum atomic E-state index is 12.8. The van der Waals surface area contributed by atoms with Gasteiger partial charge in [0.25, 0.3) is 0 Å². The van der Waals surface area contributed by atoms with Crippen LogP contribution in [0.3, 0.4) is 0 Å². The summed E-state index contributed by atoms with van der Waals surface area (Å²) in [5.41, 5.74) is 1.12. The van der Waals surface area contributed by atoms with Crippen molar-refractivity contribution >= 4 is 31.4 Å². The molecule has 1 atom stereocenters. The van der Waals surface area contributed by atoms with Crippen LogP contribution in [0.1, 0.15) is 11.6 Å². The Labute approximate surface area is 158 Å². The number of rotatable bonds is 7. The summed E-state index contributed by atoms with van der Waals surface area (Å²) in [6, 6.07) is 14.7. The molecule has 0 aliphatic rings. The first-order valence-electron chi connectivity index (χ1n) is 8.19. The summed E-state index contributed by atoms with van der Waals surface area (Å²) < 4.78 is 34.7. The van der Waals surface area contributed by atoms with Gasteiger partial charge in [-0.15, -0.1) is 11.3 Å². The largest absolute Gasteiger partial charge is 0.495 e. The van der Waals surface area contributed by atoms with Crippen molar-refractivity contribution in [2.45, 2.75) is 10.9 Å². The molecule has 0 fully saturated rings. The van der Waals surface area contributed by atoms with E-state index < -0.39 is 10.0 Å². The molecular weight excluding hydrogens is 368 g/mol. The molecule has 0 saturated carbocycles. The molecule has 5 nitrogen and oxygen atoms in total. The average molecular weight is 391 g/mol. The highest BCUT2D eigenvalue weighted by molar-refractivity contribution is 7.89. The summed E-state index contributed by atoms with van der Waals surface area (Å²) in [7, 11) is 1.70. The van der Waals surface area contributed by atoms with E-state index in [-0.39, 0.29) is 17.5 Å². The first kappa shape index (κ1) is 18.8. The van der Waals surface area contributed by atoms with Crippen molar-refractivity contribution < 1.29 is 13.2 Å². The molecular formula is C19H22N2O3S2. The Morgan fingerprint density at radius 1 is 1.12 bits per heavy atom. The zero-order chi connectivity index (χ0) is 18.7. The van der Waals surface area contributed by atoms with Gasteiger partial charge in [-0.3, -0.25) is 0 Å². The smallest absolute Gasteiger partial charge is 0.244 e. The zero-order valence-electron chi connectivity index (χ0n) is 15.0. The second kappa shape index (κ2) is 7.75. The van der Waals surface area contributed by atoms with Gasteiger partial charge in [0, 0.05) is 17.3 Å². The normalized spacial score (nSPS) is 13.2. The first-order chi connectivity index (χ1) is 12.4. The lowest BCUT2D eigenvalue weighted by Crippen LogP contribution is -2.34. The van der Waals surface area contributed by atoms with E-state index in [1.165, 1.54) is 11.8 Å². The van der Waals surface area contributed by atoms with Crippen molar-refractivity contribution in [3.8, 4) is 5.75 Å². The molecule has 0 spiro atoms. The van der Waals surface area contributed by atoms with Crippen molar-refractivity contribution in [2.75, 3.05) is 27.7 Å². The summed E-state index contributed by atoms with van der Waals surface area (Å²) in [4.78, 5) is 2.18. The van der Waals surface area contributed by atoms with Gasteiger partial charge in [0.2, 0.25) is 10.0 Å². The van der Waals surface area contributed by atoms with Crippen LogP contribution in [0, 0.1) is 0 Å². The SMILES string of the molecule is COc1ccccc1S(=O)(=O)NCC(c1csc2ccccc12)N(C)C. The third-order valence-electron chi connectivity index (χ3n) is 4.32. The fourth-order valence-corrected chi connectivity index (χ4v) is 5.15. The molecule has 1 heterocycles. The van der Waals surface area contributed by atoms with Crippen LogP contribution < -0.4 is 9.46 Å². The molecule has 0 amide bonds. The molecule has 138 valence electrons. The minimum atomic E-state index is -3.67. The van der Waals surface area contributed by atoms with E-state index in [2.05, 4.69) is 22.2 Å². The number of hydrogen-bond donors (Lipinski definition) is 1. The number of benzene rings is 2. The van der Waals surface area contributed by atoms with Crippen LogP contribution >= 0.6 is 11.3 Å². The second-order valence-corrected chi connectivity index (χ2v) is 8.82. The van der Waals surface area contributed by atoms with E-state index in [1.54, 1.807) is 35.6 Å². The lowest BCUT2D eigenvalue weighted by atomic mass is 10.1. The van der Waals surface area contributed by atoms with Gasteiger partial charge in [-0.25, -0.2) is 13.1 Å². The Bertz CT molecular complexity index is 997. The van der Waals surface area contributed by atoms with Crippen molar-refractivity contribution in [2.24, 2.45) is 0 Å². The Kier molecular flexibility index (Phi) is 5.62. The number of ether oxygens (including phenoxy) is 1. The van der Waals surface area contributed by atoms with Gasteiger partial charge < -0.3 is 9.64 Å². The Morgan fingerprint density at radius 2 is 1.81 bits per heavy atom. The molecule has 26 heavy (non-hydrogen) atoms. The highest BCUT2D eigenvalue weighted by Gasteiger charge is 2.23. The van der Waals surface area contributed by atoms with Crippen molar-refractivity contribution in [3.63, 3.8) is 0 Å². The number of para-hydroxylation sites is 1. The zero-order valence-corrected chi connectivity index (χ0v) is 16.6. The molecule has 3 rings (SSSR count). The van der Waals surface area contributed by atoms with Crippen LogP contribution in [-0.4, -0.2) is 41.1 Å². The molecule has 1 unspecified atom stereocenters. The predicted octanol–water partition coefficient (Wildman–Crippen LogP) is 3.49. The van der Waals surface area contributed by atoms with Crippen molar-refractivity contribution in [3.05, 3.63) is 59.5 Å². The van der Waals surface area contributed by atoms with Gasteiger partial charge in [0.05, 0.1) is 7.11 Å². The minimum absolute atomic E-state index is 0.0735. The monoisotopic (exact) mass is 390 g/mol. The van der Waals surface area contributed by atoms with Gasteiger partial charge in [0.15, 0.2) is 0 Å². The predicted molar refractivity (Wildman–Crippen MR) is 106 cm³/mol. The molecule has 0 saturated heterocycles. The van der Waals surface area contributed by atoms with Crippen LogP contribution in [0.2, 0.25) is 0 Å². The van der Waals surface area contributed by atoms with Gasteiger partial charge in [0.1, 0.15) is 10.6 Å². The lowest BCUT2D eigenvalue weighted by Gasteiger charge is -2.24. The Morgan fingerprint density at radius 3 is 2.54 bits per heavy atom. The van der Waals surface area contributed by atoms with Crippen molar-refractivity contribution in [1.29, 1.82) is 0 Å². The van der Waals surface area contributed by atoms with Gasteiger partial charge in [-0.1, -0.05) is 30.3 Å². The van der Waals surface area contributed by atoms with E-state index in [4.69, 9.17) is 4.74 Å². The van der Waals surface area contributed by atoms with Gasteiger partial charge >= 0.3 is 0 Å². The number of sulfonamides is 1. The molecule has 0 radical (unpaired) electrons. The molecule has 2 aromatic carbocycles. The number of hydrogen-bond acceptors (Lipinski definition) is 5. The molecule has 1 aromatic heterocycles. The molecule has 7 heteroatoms. The molecule has 1 N–H and O–H groups in total. The fraction of sp³-hybridized carbons (Fsp3) is 0.263. The highest BCUT2D eigenvalue weighted by atomic mass is 32.2. The third-order valence-corrected chi connectivity index (χ3v) is 6.76. The standard InChI is InChI=1S/C19H22N2O3S2/c1-21(2)16(15-13-25-18-10-6-4-8-14(15)18)12-20-26(22,23)19-11-7-5-9-17(19)24-3/h4-11,13,16,20H,12H2,1-3H3. The minimum Gasteiger partial charge on any atom is -0.495 e. The van der Waals surface area contributed by atoms with E-state index in [1.807, 2.05) is 31.1 Å². The quantitative estimate of drug-likeness (QED) is 0.671. The lowest BCUT2D eigenvalue weighted by molar-refractivity contribution is 0.301. The number of methoxy groups -OCH3 is 1. The molecule has 0 bridgehead atoms. The average Bonchev–Trinajstić information content (AvgIpc) is 3.05. The van der Waals surface area contributed by atoms with Crippen LogP contribution in [0.15, 0.2) is 58.8 Å². The number of likely N-dealkylation sites (N-methyl/N-ethyl adjacent to an activating group) is 1. The first-order valence-corrected chi connectivity index (χ1v) is 10.6. The number of nitrogens with one attached hydrogen (secondary N) is 1. The van der Waals surface area contributed by atoms with E-state index in [9.17, 15) is 8.42 Å². The van der Waals surface area contributed by atoms with Gasteiger partial charge in [-0.05, 0) is 48.6 Å². The van der Waals surface area contributed by atoms with Crippen LogP contribution in [0.4, 0.5) is 0 Å². The van der Waals surface area contributed by atoms with E-state index in [0.29, 0.717) is 5.75 Å². The second-order valence-electron chi connectivity index (χ2n) is 6.17. The number of nitrogens with zero attached hydrogens (tertiary/aromatic N) is 1. The maximum absolute atomic E-state index is 12.8. The van der Waals surface area contributed by atoms with E-state index >= 15 is 0 Å². The van der Waals surface area contributed by atoms with Gasteiger partial charge in [-0.2, -0.15) is 0 Å². The van der Waals surface area contributed by atoms with Crippen molar-refractivity contribution in [1.82, 2.24) is 9.62 Å². The van der Waals surface area contributed by atoms with Crippen LogP contribution in [0.5, 0.6) is 5.75 Å². The van der Waals surface area contributed by atoms with Crippen LogP contribution in [0.25, 0.3) is 10.1 Å². The summed E-state index contributed by atoms with van der Waals surface area (Å²) >= 11 is 1.67. The number of thiophene rings is 1. The summed E-state index contributed by atoms with van der Waals surface area (Å²) in [6.07, 6.45) is 0. The highest BCUT2D eigenvalue weighted by Crippen LogP contribution is 2.32. The summed E-state index contributed by atoms with van der Waals surface area (Å²) in [6.45, 7) is 0.272. The topological polar surface area (TPSA) is 58.6 Å². The number of fused-ring (bicyclic) bond motifs is 1. The van der Waals surface area contributed by atoms with E-state index in [0.717, 1.165) is 10.9 Å². The maximum Gasteiger partial charge on any atom is 0.244 e. The molecule has 0 aliphatic heterocycles. The van der Waals surface area contributed by atoms with Crippen LogP contribution in [-0.2, 0) is 10.0 Å². The summed E-state index contributed by atoms with van der Waals surface area (Å²) in [5.74, 6) is 0.336. The third kappa shape index (κ3) is 3.76. The molecule has 3 aromatic rings. The summed E-state index contributed by atoms with van der Waals surface area (Å²) in [5, 5.41) is 3.26. The Balaban J connectivity index is 1.88.